The summed E-state index contributed by atoms with van der Waals surface area (Å²) in [5, 5.41) is 8.99. The lowest BCUT2D eigenvalue weighted by atomic mass is 10.2. The van der Waals surface area contributed by atoms with E-state index in [1.54, 1.807) is 6.07 Å². The van der Waals surface area contributed by atoms with Crippen molar-refractivity contribution in [3.8, 4) is 5.75 Å². The Morgan fingerprint density at radius 1 is 1.32 bits per heavy atom. The first-order chi connectivity index (χ1) is 8.90. The molecule has 1 atom stereocenters. The number of esters is 2. The second-order valence-corrected chi connectivity index (χ2v) is 3.39. The van der Waals surface area contributed by atoms with Gasteiger partial charge in [0.2, 0.25) is 6.29 Å². The van der Waals surface area contributed by atoms with Gasteiger partial charge >= 0.3 is 11.9 Å². The zero-order valence-corrected chi connectivity index (χ0v) is 10.2. The second kappa shape index (κ2) is 6.34. The van der Waals surface area contributed by atoms with Crippen LogP contribution >= 0.6 is 0 Å². The first-order valence-corrected chi connectivity index (χ1v) is 5.19. The fraction of sp³-hybridized carbons (Fsp3) is 0.273. The number of nitrogens with zero attached hydrogens (tertiary/aromatic N) is 1. The number of hydrogen-bond donors (Lipinski definition) is 0. The summed E-state index contributed by atoms with van der Waals surface area (Å²) >= 11 is 0. The molecule has 0 fully saturated rings. The lowest BCUT2D eigenvalue weighted by Gasteiger charge is -2.12. The van der Waals surface area contributed by atoms with Crippen LogP contribution in [0.25, 0.3) is 0 Å². The van der Waals surface area contributed by atoms with E-state index < -0.39 is 23.3 Å². The van der Waals surface area contributed by atoms with E-state index in [1.807, 2.05) is 0 Å². The van der Waals surface area contributed by atoms with Gasteiger partial charge in [-0.15, -0.1) is 10.1 Å². The number of carbonyl (C=O) groups is 2. The highest BCUT2D eigenvalue weighted by molar-refractivity contribution is 5.93. The van der Waals surface area contributed by atoms with Gasteiger partial charge in [-0.05, 0) is 19.1 Å². The third kappa shape index (κ3) is 4.62. The van der Waals surface area contributed by atoms with E-state index in [-0.39, 0.29) is 11.3 Å². The second-order valence-electron chi connectivity index (χ2n) is 3.39. The number of hydrogen-bond acceptors (Lipinski definition) is 7. The van der Waals surface area contributed by atoms with Crippen LogP contribution in [0.15, 0.2) is 24.3 Å². The summed E-state index contributed by atoms with van der Waals surface area (Å²) in [6, 6.07) is 5.85. The standard InChI is InChI=1S/C11H11NO7/c1-7(13)17-10-6-4-3-5-9(10)11(14)18-8(2)19-12(15)16/h3-6,8H,1-2H3. The molecule has 0 spiro atoms. The van der Waals surface area contributed by atoms with Gasteiger partial charge in [0.15, 0.2) is 0 Å². The molecule has 1 rings (SSSR count). The van der Waals surface area contributed by atoms with Gasteiger partial charge in [0.1, 0.15) is 11.3 Å². The first-order valence-electron chi connectivity index (χ1n) is 5.19. The summed E-state index contributed by atoms with van der Waals surface area (Å²) < 4.78 is 9.49. The molecule has 0 N–H and O–H groups in total. The SMILES string of the molecule is CC(=O)Oc1ccccc1C(=O)OC(C)O[N+](=O)[O-]. The molecule has 0 aliphatic carbocycles. The number of benzene rings is 1. The molecule has 0 bridgehead atoms. The van der Waals surface area contributed by atoms with E-state index in [2.05, 4.69) is 9.57 Å². The molecule has 8 heteroatoms. The van der Waals surface area contributed by atoms with E-state index in [9.17, 15) is 19.7 Å². The fourth-order valence-corrected chi connectivity index (χ4v) is 1.24. The van der Waals surface area contributed by atoms with Crippen molar-refractivity contribution in [2.45, 2.75) is 20.1 Å². The lowest BCUT2D eigenvalue weighted by Crippen LogP contribution is -2.21. The van der Waals surface area contributed by atoms with Gasteiger partial charge in [-0.25, -0.2) is 4.79 Å². The van der Waals surface area contributed by atoms with Crippen molar-refractivity contribution in [1.29, 1.82) is 0 Å². The van der Waals surface area contributed by atoms with Gasteiger partial charge in [-0.2, -0.15) is 0 Å². The average Bonchev–Trinajstić information content (AvgIpc) is 2.27. The van der Waals surface area contributed by atoms with Crippen molar-refractivity contribution in [3.63, 3.8) is 0 Å². The molecule has 0 aliphatic rings. The maximum absolute atomic E-state index is 11.7. The average molecular weight is 269 g/mol. The number of ether oxygens (including phenoxy) is 2. The normalized spacial score (nSPS) is 11.3. The zero-order chi connectivity index (χ0) is 14.4. The minimum Gasteiger partial charge on any atom is -0.432 e. The molecular weight excluding hydrogens is 258 g/mol. The minimum atomic E-state index is -1.37. The van der Waals surface area contributed by atoms with Crippen LogP contribution in [-0.2, 0) is 14.4 Å². The van der Waals surface area contributed by atoms with E-state index in [1.165, 1.54) is 32.0 Å². The molecule has 1 aromatic carbocycles. The van der Waals surface area contributed by atoms with Crippen LogP contribution in [-0.4, -0.2) is 23.3 Å². The van der Waals surface area contributed by atoms with Crippen molar-refractivity contribution < 1.29 is 29.0 Å². The van der Waals surface area contributed by atoms with Gasteiger partial charge in [-0.3, -0.25) is 9.63 Å². The molecule has 102 valence electrons. The quantitative estimate of drug-likeness (QED) is 0.261. The van der Waals surface area contributed by atoms with E-state index in [0.717, 1.165) is 0 Å². The fourth-order valence-electron chi connectivity index (χ4n) is 1.24. The Hall–Kier alpha value is -2.64. The summed E-state index contributed by atoms with van der Waals surface area (Å²) in [6.45, 7) is 2.37. The molecule has 19 heavy (non-hydrogen) atoms. The number of rotatable bonds is 5. The maximum Gasteiger partial charge on any atom is 0.344 e. The number of para-hydroxylation sites is 1. The summed E-state index contributed by atoms with van der Waals surface area (Å²) in [5.41, 5.74) is -0.0310. The minimum absolute atomic E-state index is 0.00769. The molecule has 0 amide bonds. The summed E-state index contributed by atoms with van der Waals surface area (Å²) in [5.74, 6) is -1.49. The summed E-state index contributed by atoms with van der Waals surface area (Å²) in [6.07, 6.45) is -1.37. The van der Waals surface area contributed by atoms with Gasteiger partial charge in [0, 0.05) is 6.92 Å². The topological polar surface area (TPSA) is 105 Å². The summed E-state index contributed by atoms with van der Waals surface area (Å²) in [7, 11) is 0. The Morgan fingerprint density at radius 3 is 2.53 bits per heavy atom. The molecule has 1 aromatic rings. The highest BCUT2D eigenvalue weighted by Gasteiger charge is 2.19. The first kappa shape index (κ1) is 14.4. The molecule has 0 aliphatic heterocycles. The maximum atomic E-state index is 11.7. The molecule has 0 saturated heterocycles. The van der Waals surface area contributed by atoms with Crippen molar-refractivity contribution in [1.82, 2.24) is 0 Å². The van der Waals surface area contributed by atoms with Gasteiger partial charge < -0.3 is 9.47 Å². The van der Waals surface area contributed by atoms with Gasteiger partial charge in [0.25, 0.3) is 5.09 Å². The molecule has 8 nitrogen and oxygen atoms in total. The van der Waals surface area contributed by atoms with Crippen molar-refractivity contribution >= 4 is 11.9 Å². The van der Waals surface area contributed by atoms with E-state index in [4.69, 9.17) is 4.74 Å². The molecule has 0 radical (unpaired) electrons. The van der Waals surface area contributed by atoms with Crippen molar-refractivity contribution in [2.24, 2.45) is 0 Å². The van der Waals surface area contributed by atoms with Crippen LogP contribution in [0.1, 0.15) is 24.2 Å². The van der Waals surface area contributed by atoms with Crippen LogP contribution in [0.5, 0.6) is 5.75 Å². The van der Waals surface area contributed by atoms with Gasteiger partial charge in [0.05, 0.1) is 0 Å². The van der Waals surface area contributed by atoms with Crippen LogP contribution < -0.4 is 4.74 Å². The third-order valence-electron chi connectivity index (χ3n) is 1.87. The predicted octanol–water partition coefficient (Wildman–Crippen LogP) is 1.32. The monoisotopic (exact) mass is 269 g/mol. The van der Waals surface area contributed by atoms with Crippen LogP contribution in [0, 0.1) is 10.1 Å². The molecule has 0 aromatic heterocycles. The Labute approximate surface area is 108 Å². The van der Waals surface area contributed by atoms with Crippen molar-refractivity contribution in [3.05, 3.63) is 39.9 Å². The van der Waals surface area contributed by atoms with E-state index >= 15 is 0 Å². The number of carbonyl (C=O) groups excluding carboxylic acids is 2. The molecule has 1 unspecified atom stereocenters. The van der Waals surface area contributed by atoms with Crippen LogP contribution in [0.4, 0.5) is 0 Å². The summed E-state index contributed by atoms with van der Waals surface area (Å²) in [4.78, 5) is 36.7. The van der Waals surface area contributed by atoms with Gasteiger partial charge in [-0.1, -0.05) is 12.1 Å². The Kier molecular flexibility index (Phi) is 4.81. The smallest absolute Gasteiger partial charge is 0.344 e. The van der Waals surface area contributed by atoms with Crippen LogP contribution in [0.3, 0.4) is 0 Å². The largest absolute Gasteiger partial charge is 0.432 e. The third-order valence-corrected chi connectivity index (χ3v) is 1.87. The van der Waals surface area contributed by atoms with E-state index in [0.29, 0.717) is 0 Å². The lowest BCUT2D eigenvalue weighted by molar-refractivity contribution is -0.777. The van der Waals surface area contributed by atoms with Crippen molar-refractivity contribution in [2.75, 3.05) is 0 Å². The predicted molar refractivity (Wildman–Crippen MR) is 60.7 cm³/mol. The Balaban J connectivity index is 2.81. The molecule has 0 saturated carbocycles. The highest BCUT2D eigenvalue weighted by Crippen LogP contribution is 2.19. The molecular formula is C11H11NO7. The highest BCUT2D eigenvalue weighted by atomic mass is 17.0. The Morgan fingerprint density at radius 2 is 1.95 bits per heavy atom. The molecule has 0 heterocycles. The Bertz CT molecular complexity index is 500. The van der Waals surface area contributed by atoms with Crippen LogP contribution in [0.2, 0.25) is 0 Å². The zero-order valence-electron chi connectivity index (χ0n) is 10.2.